The van der Waals surface area contributed by atoms with E-state index in [1.165, 1.54) is 5.56 Å². The molecule has 1 aliphatic heterocycles. The van der Waals surface area contributed by atoms with Crippen LogP contribution in [-0.4, -0.2) is 30.9 Å². The molecule has 0 aromatic heterocycles. The maximum Gasteiger partial charge on any atom is 0.311 e. The van der Waals surface area contributed by atoms with Crippen molar-refractivity contribution in [2.45, 2.75) is 46.5 Å². The Bertz CT molecular complexity index is 966. The number of nitrogens with zero attached hydrogens (tertiary/aromatic N) is 1. The first-order valence-electron chi connectivity index (χ1n) is 10.8. The third-order valence-corrected chi connectivity index (χ3v) is 5.65. The number of amides is 2. The molecule has 1 atom stereocenters. The first-order valence-corrected chi connectivity index (χ1v) is 10.8. The fourth-order valence-corrected chi connectivity index (χ4v) is 3.80. The molecule has 164 valence electrons. The van der Waals surface area contributed by atoms with Crippen LogP contribution < -0.4 is 10.2 Å². The minimum atomic E-state index is -0.573. The summed E-state index contributed by atoms with van der Waals surface area (Å²) in [6, 6.07) is 13.6. The smallest absolute Gasteiger partial charge is 0.311 e. The normalized spacial score (nSPS) is 16.0. The molecule has 2 aromatic carbocycles. The molecule has 2 amide bonds. The van der Waals surface area contributed by atoms with E-state index in [1.54, 1.807) is 4.90 Å². The zero-order valence-electron chi connectivity index (χ0n) is 18.6. The van der Waals surface area contributed by atoms with E-state index >= 15 is 0 Å². The summed E-state index contributed by atoms with van der Waals surface area (Å²) in [5.41, 5.74) is 4.71. The van der Waals surface area contributed by atoms with E-state index in [4.69, 9.17) is 4.74 Å². The van der Waals surface area contributed by atoms with E-state index in [0.717, 1.165) is 28.9 Å². The minimum Gasteiger partial charge on any atom is -0.455 e. The van der Waals surface area contributed by atoms with Gasteiger partial charge in [-0.3, -0.25) is 14.4 Å². The highest BCUT2D eigenvalue weighted by Crippen LogP contribution is 2.28. The molecule has 6 heteroatoms. The molecule has 0 aliphatic carbocycles. The maximum absolute atomic E-state index is 12.5. The highest BCUT2D eigenvalue weighted by atomic mass is 16.5. The molecule has 1 heterocycles. The van der Waals surface area contributed by atoms with Gasteiger partial charge in [-0.05, 0) is 48.1 Å². The molecule has 0 saturated carbocycles. The average molecular weight is 423 g/mol. The van der Waals surface area contributed by atoms with Crippen molar-refractivity contribution in [1.29, 1.82) is 0 Å². The average Bonchev–Trinajstić information content (AvgIpc) is 3.15. The van der Waals surface area contributed by atoms with Crippen molar-refractivity contribution in [3.63, 3.8) is 0 Å². The lowest BCUT2D eigenvalue weighted by Gasteiger charge is -2.17. The number of para-hydroxylation sites is 1. The molecule has 1 saturated heterocycles. The van der Waals surface area contributed by atoms with E-state index < -0.39 is 11.9 Å². The Morgan fingerprint density at radius 1 is 1.16 bits per heavy atom. The zero-order valence-corrected chi connectivity index (χ0v) is 18.6. The van der Waals surface area contributed by atoms with Gasteiger partial charge in [0, 0.05) is 24.3 Å². The predicted molar refractivity (Wildman–Crippen MR) is 121 cm³/mol. The number of benzene rings is 2. The molecule has 6 nitrogen and oxygen atoms in total. The van der Waals surface area contributed by atoms with Crippen LogP contribution in [0.2, 0.25) is 0 Å². The minimum absolute atomic E-state index is 0.0886. The number of anilines is 2. The van der Waals surface area contributed by atoms with Crippen LogP contribution in [0.3, 0.4) is 0 Å². The van der Waals surface area contributed by atoms with Crippen LogP contribution in [0.25, 0.3) is 0 Å². The number of ether oxygens (including phenoxy) is 1. The summed E-state index contributed by atoms with van der Waals surface area (Å²) in [6.07, 6.45) is 1.01. The molecule has 1 fully saturated rings. The molecule has 2 aromatic rings. The van der Waals surface area contributed by atoms with Gasteiger partial charge in [-0.15, -0.1) is 0 Å². The van der Waals surface area contributed by atoms with Gasteiger partial charge in [0.2, 0.25) is 5.91 Å². The molecule has 0 spiro atoms. The number of carbonyl (C=O) groups is 3. The van der Waals surface area contributed by atoms with Crippen LogP contribution in [0.4, 0.5) is 11.4 Å². The number of rotatable bonds is 7. The summed E-state index contributed by atoms with van der Waals surface area (Å²) in [5, 5.41) is 2.87. The second-order valence-electron chi connectivity index (χ2n) is 8.28. The second-order valence-corrected chi connectivity index (χ2v) is 8.28. The molecule has 0 bridgehead atoms. The maximum atomic E-state index is 12.5. The van der Waals surface area contributed by atoms with E-state index in [2.05, 4.69) is 26.1 Å². The highest BCUT2D eigenvalue weighted by molar-refractivity contribution is 6.00. The van der Waals surface area contributed by atoms with Gasteiger partial charge >= 0.3 is 5.97 Å². The summed E-state index contributed by atoms with van der Waals surface area (Å²) < 4.78 is 5.24. The number of aryl methyl sites for hydroxylation is 2. The molecule has 1 N–H and O–H groups in total. The Morgan fingerprint density at radius 2 is 1.87 bits per heavy atom. The quantitative estimate of drug-likeness (QED) is 0.678. The van der Waals surface area contributed by atoms with E-state index in [1.807, 2.05) is 49.4 Å². The number of esters is 1. The molecule has 1 aliphatic rings. The fourth-order valence-electron chi connectivity index (χ4n) is 3.80. The van der Waals surface area contributed by atoms with Crippen LogP contribution in [0, 0.1) is 12.8 Å². The Kier molecular flexibility index (Phi) is 7.10. The zero-order chi connectivity index (χ0) is 22.5. The lowest BCUT2D eigenvalue weighted by Crippen LogP contribution is -2.28. The topological polar surface area (TPSA) is 75.7 Å². The monoisotopic (exact) mass is 422 g/mol. The van der Waals surface area contributed by atoms with Gasteiger partial charge in [-0.2, -0.15) is 0 Å². The summed E-state index contributed by atoms with van der Waals surface area (Å²) in [7, 11) is 0. The Hall–Kier alpha value is -3.15. The molecular formula is C25H30N2O4. The largest absolute Gasteiger partial charge is 0.455 e. The van der Waals surface area contributed by atoms with Crippen LogP contribution in [0.5, 0.6) is 0 Å². The number of hydrogen-bond acceptors (Lipinski definition) is 4. The lowest BCUT2D eigenvalue weighted by molar-refractivity contribution is -0.151. The molecule has 0 unspecified atom stereocenters. The number of nitrogens with one attached hydrogen (secondary N) is 1. The number of carbonyl (C=O) groups excluding carboxylic acids is 3. The van der Waals surface area contributed by atoms with Gasteiger partial charge in [0.25, 0.3) is 5.91 Å². The summed E-state index contributed by atoms with van der Waals surface area (Å²) in [4.78, 5) is 38.9. The summed E-state index contributed by atoms with van der Waals surface area (Å²) >= 11 is 0. The first kappa shape index (κ1) is 22.5. The van der Waals surface area contributed by atoms with Crippen molar-refractivity contribution in [3.8, 4) is 0 Å². The van der Waals surface area contributed by atoms with Gasteiger partial charge < -0.3 is 15.0 Å². The summed E-state index contributed by atoms with van der Waals surface area (Å²) in [6.45, 7) is 8.01. The Morgan fingerprint density at radius 3 is 2.52 bits per heavy atom. The SMILES string of the molecule is CCc1ccc(N2C[C@@H](C(=O)OCC(=O)Nc3c(C)cccc3C(C)C)CC2=O)cc1. The van der Waals surface area contributed by atoms with E-state index in [0.29, 0.717) is 0 Å². The predicted octanol–water partition coefficient (Wildman–Crippen LogP) is 4.22. The van der Waals surface area contributed by atoms with Gasteiger partial charge in [0.05, 0.1) is 5.92 Å². The Balaban J connectivity index is 1.56. The van der Waals surface area contributed by atoms with Crippen LogP contribution >= 0.6 is 0 Å². The van der Waals surface area contributed by atoms with Crippen molar-refractivity contribution in [1.82, 2.24) is 0 Å². The van der Waals surface area contributed by atoms with E-state index in [-0.39, 0.29) is 37.3 Å². The fraction of sp³-hybridized carbons (Fsp3) is 0.400. The molecule has 0 radical (unpaired) electrons. The van der Waals surface area contributed by atoms with Crippen molar-refractivity contribution >= 4 is 29.2 Å². The summed E-state index contributed by atoms with van der Waals surface area (Å²) in [5.74, 6) is -1.35. The Labute approximate surface area is 183 Å². The van der Waals surface area contributed by atoms with Gasteiger partial charge in [-0.1, -0.05) is 51.1 Å². The number of hydrogen-bond donors (Lipinski definition) is 1. The van der Waals surface area contributed by atoms with Crippen molar-refractivity contribution in [2.75, 3.05) is 23.4 Å². The van der Waals surface area contributed by atoms with Crippen molar-refractivity contribution in [3.05, 3.63) is 59.2 Å². The first-order chi connectivity index (χ1) is 14.8. The lowest BCUT2D eigenvalue weighted by atomic mass is 9.98. The third kappa shape index (κ3) is 5.32. The highest BCUT2D eigenvalue weighted by Gasteiger charge is 2.36. The van der Waals surface area contributed by atoms with Crippen molar-refractivity contribution < 1.29 is 19.1 Å². The van der Waals surface area contributed by atoms with E-state index in [9.17, 15) is 14.4 Å². The van der Waals surface area contributed by atoms with Crippen LogP contribution in [-0.2, 0) is 25.5 Å². The molecule has 3 rings (SSSR count). The molecule has 31 heavy (non-hydrogen) atoms. The van der Waals surface area contributed by atoms with Gasteiger partial charge in [0.15, 0.2) is 6.61 Å². The van der Waals surface area contributed by atoms with Gasteiger partial charge in [0.1, 0.15) is 0 Å². The standard InChI is InChI=1S/C25H30N2O4/c1-5-18-9-11-20(12-10-18)27-14-19(13-23(27)29)25(30)31-15-22(28)26-24-17(4)7-6-8-21(24)16(2)3/h6-12,16,19H,5,13-15H2,1-4H3,(H,26,28)/t19-/m0/s1. The van der Waals surface area contributed by atoms with Gasteiger partial charge in [-0.25, -0.2) is 0 Å². The van der Waals surface area contributed by atoms with Crippen molar-refractivity contribution in [2.24, 2.45) is 5.92 Å². The second kappa shape index (κ2) is 9.77. The van der Waals surface area contributed by atoms with Crippen LogP contribution in [0.15, 0.2) is 42.5 Å². The van der Waals surface area contributed by atoms with Crippen LogP contribution in [0.1, 0.15) is 49.8 Å². The molecular weight excluding hydrogens is 392 g/mol. The third-order valence-electron chi connectivity index (χ3n) is 5.65.